The average Bonchev–Trinajstić information content (AvgIpc) is 2.76. The lowest BCUT2D eigenvalue weighted by Gasteiger charge is -2.02. The van der Waals surface area contributed by atoms with E-state index in [-0.39, 0.29) is 33.9 Å². The van der Waals surface area contributed by atoms with Gasteiger partial charge in [-0.1, -0.05) is 6.07 Å². The first-order chi connectivity index (χ1) is 9.06. The molecule has 0 saturated heterocycles. The van der Waals surface area contributed by atoms with Crippen LogP contribution >= 0.6 is 0 Å². The Hall–Kier alpha value is -2.63. The Kier molecular flexibility index (Phi) is 2.38. The van der Waals surface area contributed by atoms with Gasteiger partial charge in [-0.2, -0.15) is 0 Å². The van der Waals surface area contributed by atoms with Gasteiger partial charge < -0.3 is 15.2 Å². The molecule has 3 aromatic rings. The zero-order valence-corrected chi connectivity index (χ0v) is 9.48. The molecule has 1 heterocycles. The summed E-state index contributed by atoms with van der Waals surface area (Å²) in [5.74, 6) is -2.06. The van der Waals surface area contributed by atoms with Gasteiger partial charge in [0, 0.05) is 6.07 Å². The van der Waals surface area contributed by atoms with Gasteiger partial charge in [-0.3, -0.25) is 0 Å². The number of phenolic OH excluding ortho intramolecular Hbond substituents is 2. The van der Waals surface area contributed by atoms with Crippen molar-refractivity contribution in [2.24, 2.45) is 0 Å². The number of fused-ring (bicyclic) bond motifs is 1. The van der Waals surface area contributed by atoms with Crippen LogP contribution in [0.25, 0.3) is 22.4 Å². The van der Waals surface area contributed by atoms with Gasteiger partial charge >= 0.3 is 0 Å². The predicted molar refractivity (Wildman–Crippen MR) is 64.8 cm³/mol. The first-order valence-electron chi connectivity index (χ1n) is 5.42. The molecule has 0 aliphatic heterocycles. The number of rotatable bonds is 1. The third-order valence-electron chi connectivity index (χ3n) is 2.77. The van der Waals surface area contributed by atoms with Gasteiger partial charge in [0.2, 0.25) is 0 Å². The number of aromatic amines is 1. The molecule has 0 bridgehead atoms. The predicted octanol–water partition coefficient (Wildman–Crippen LogP) is 2.92. The molecule has 0 fully saturated rings. The van der Waals surface area contributed by atoms with Crippen molar-refractivity contribution in [3.8, 4) is 22.9 Å². The van der Waals surface area contributed by atoms with Crippen molar-refractivity contribution in [3.05, 3.63) is 42.0 Å². The lowest BCUT2D eigenvalue weighted by atomic mass is 10.2. The first-order valence-corrected chi connectivity index (χ1v) is 5.42. The van der Waals surface area contributed by atoms with Crippen LogP contribution < -0.4 is 0 Å². The highest BCUT2D eigenvalue weighted by atomic mass is 19.1. The van der Waals surface area contributed by atoms with Crippen molar-refractivity contribution >= 4 is 11.0 Å². The van der Waals surface area contributed by atoms with Crippen molar-refractivity contribution < 1.29 is 19.0 Å². The normalized spacial score (nSPS) is 11.1. The van der Waals surface area contributed by atoms with Gasteiger partial charge in [0.15, 0.2) is 17.3 Å². The molecular weight excluding hydrogens is 254 g/mol. The number of benzene rings is 2. The van der Waals surface area contributed by atoms with Crippen LogP contribution in [0.5, 0.6) is 11.5 Å². The highest BCUT2D eigenvalue weighted by Gasteiger charge is 2.14. The fourth-order valence-electron chi connectivity index (χ4n) is 1.89. The van der Waals surface area contributed by atoms with Gasteiger partial charge in [-0.05, 0) is 18.2 Å². The van der Waals surface area contributed by atoms with Crippen molar-refractivity contribution in [3.63, 3.8) is 0 Å². The second-order valence-electron chi connectivity index (χ2n) is 4.04. The molecule has 0 unspecified atom stereocenters. The number of halogens is 2. The summed E-state index contributed by atoms with van der Waals surface area (Å²) >= 11 is 0. The van der Waals surface area contributed by atoms with Gasteiger partial charge in [-0.25, -0.2) is 13.8 Å². The third kappa shape index (κ3) is 1.77. The van der Waals surface area contributed by atoms with E-state index in [1.165, 1.54) is 18.2 Å². The number of phenols is 2. The van der Waals surface area contributed by atoms with Crippen molar-refractivity contribution in [1.82, 2.24) is 9.97 Å². The molecule has 0 saturated carbocycles. The lowest BCUT2D eigenvalue weighted by Crippen LogP contribution is -1.82. The summed E-state index contributed by atoms with van der Waals surface area (Å²) in [4.78, 5) is 6.66. The number of aromatic nitrogens is 2. The molecule has 0 atom stereocenters. The molecule has 1 aromatic heterocycles. The molecule has 4 nitrogen and oxygen atoms in total. The van der Waals surface area contributed by atoms with Crippen molar-refractivity contribution in [1.29, 1.82) is 0 Å². The third-order valence-corrected chi connectivity index (χ3v) is 2.77. The number of para-hydroxylation sites is 1. The van der Waals surface area contributed by atoms with Crippen LogP contribution in [-0.2, 0) is 0 Å². The monoisotopic (exact) mass is 262 g/mol. The van der Waals surface area contributed by atoms with Crippen molar-refractivity contribution in [2.75, 3.05) is 0 Å². The highest BCUT2D eigenvalue weighted by Crippen LogP contribution is 2.35. The average molecular weight is 262 g/mol. The summed E-state index contributed by atoms with van der Waals surface area (Å²) in [7, 11) is 0. The summed E-state index contributed by atoms with van der Waals surface area (Å²) in [6.45, 7) is 0. The van der Waals surface area contributed by atoms with E-state index in [1.54, 1.807) is 0 Å². The number of nitrogens with one attached hydrogen (secondary N) is 1. The fraction of sp³-hybridized carbons (Fsp3) is 0. The molecule has 19 heavy (non-hydrogen) atoms. The van der Waals surface area contributed by atoms with Gasteiger partial charge in [0.1, 0.15) is 17.2 Å². The topological polar surface area (TPSA) is 69.1 Å². The molecule has 0 spiro atoms. The molecule has 0 radical (unpaired) electrons. The van der Waals surface area contributed by atoms with Crippen LogP contribution in [0.4, 0.5) is 8.78 Å². The zero-order chi connectivity index (χ0) is 13.6. The fourth-order valence-corrected chi connectivity index (χ4v) is 1.89. The van der Waals surface area contributed by atoms with E-state index in [0.717, 1.165) is 12.1 Å². The summed E-state index contributed by atoms with van der Waals surface area (Å²) in [6, 6.07) is 6.15. The maximum Gasteiger partial charge on any atom is 0.168 e. The summed E-state index contributed by atoms with van der Waals surface area (Å²) in [5, 5.41) is 19.1. The minimum atomic E-state index is -0.794. The molecule has 96 valence electrons. The van der Waals surface area contributed by atoms with Gasteiger partial charge in [0.25, 0.3) is 0 Å². The molecule has 0 amide bonds. The highest BCUT2D eigenvalue weighted by molar-refractivity contribution is 5.81. The lowest BCUT2D eigenvalue weighted by molar-refractivity contribution is 0.405. The Morgan fingerprint density at radius 2 is 1.89 bits per heavy atom. The Morgan fingerprint density at radius 1 is 1.11 bits per heavy atom. The largest absolute Gasteiger partial charge is 0.504 e. The second-order valence-corrected chi connectivity index (χ2v) is 4.04. The first kappa shape index (κ1) is 11.5. The standard InChI is InChI=1S/C13H8F2N2O2/c14-6-4-8(15)11-9(5-6)16-13(17-11)7-2-1-3-10(18)12(7)19/h1-5,18-19H,(H,16,17). The van der Waals surface area contributed by atoms with E-state index in [1.807, 2.05) is 0 Å². The SMILES string of the molecule is Oc1cccc(-c2nc3c(F)cc(F)cc3[nH]2)c1O. The van der Waals surface area contributed by atoms with Gasteiger partial charge in [-0.15, -0.1) is 0 Å². The van der Waals surface area contributed by atoms with Crippen LogP contribution in [0, 0.1) is 11.6 Å². The van der Waals surface area contributed by atoms with E-state index < -0.39 is 11.6 Å². The van der Waals surface area contributed by atoms with Crippen LogP contribution in [0.2, 0.25) is 0 Å². The van der Waals surface area contributed by atoms with E-state index in [4.69, 9.17) is 0 Å². The Bertz CT molecular complexity index is 784. The Labute approximate surface area is 106 Å². The molecular formula is C13H8F2N2O2. The van der Waals surface area contributed by atoms with Crippen molar-refractivity contribution in [2.45, 2.75) is 0 Å². The van der Waals surface area contributed by atoms with Crippen LogP contribution in [-0.4, -0.2) is 20.2 Å². The maximum absolute atomic E-state index is 13.5. The molecule has 2 aromatic carbocycles. The maximum atomic E-state index is 13.5. The summed E-state index contributed by atoms with van der Waals surface area (Å²) in [5.41, 5.74) is 0.352. The Balaban J connectivity index is 2.26. The molecule has 6 heteroatoms. The number of imidazole rings is 1. The number of nitrogens with zero attached hydrogens (tertiary/aromatic N) is 1. The van der Waals surface area contributed by atoms with Crippen LogP contribution in [0.1, 0.15) is 0 Å². The quantitative estimate of drug-likeness (QED) is 0.590. The minimum absolute atomic E-state index is 0.0286. The molecule has 0 aliphatic rings. The Morgan fingerprint density at radius 3 is 2.68 bits per heavy atom. The molecule has 0 aliphatic carbocycles. The zero-order valence-electron chi connectivity index (χ0n) is 9.48. The molecule has 3 rings (SSSR count). The van der Waals surface area contributed by atoms with Gasteiger partial charge in [0.05, 0.1) is 11.1 Å². The summed E-state index contributed by atoms with van der Waals surface area (Å²) in [6.07, 6.45) is 0. The van der Waals surface area contributed by atoms with E-state index in [0.29, 0.717) is 0 Å². The van der Waals surface area contributed by atoms with E-state index >= 15 is 0 Å². The number of H-pyrrole nitrogens is 1. The van der Waals surface area contributed by atoms with Crippen LogP contribution in [0.15, 0.2) is 30.3 Å². The molecule has 3 N–H and O–H groups in total. The van der Waals surface area contributed by atoms with E-state index in [9.17, 15) is 19.0 Å². The van der Waals surface area contributed by atoms with E-state index in [2.05, 4.69) is 9.97 Å². The van der Waals surface area contributed by atoms with Crippen LogP contribution in [0.3, 0.4) is 0 Å². The minimum Gasteiger partial charge on any atom is -0.504 e. The number of hydrogen-bond acceptors (Lipinski definition) is 3. The second kappa shape index (κ2) is 3.94. The number of hydrogen-bond donors (Lipinski definition) is 3. The summed E-state index contributed by atoms with van der Waals surface area (Å²) < 4.78 is 26.6. The smallest absolute Gasteiger partial charge is 0.168 e. The number of aromatic hydroxyl groups is 2.